The van der Waals surface area contributed by atoms with Crippen LogP contribution in [0.4, 0.5) is 0 Å². The number of likely N-dealkylation sites (N-methyl/N-ethyl adjacent to an activating group) is 1. The van der Waals surface area contributed by atoms with E-state index in [1.807, 2.05) is 36.4 Å². The van der Waals surface area contributed by atoms with E-state index in [0.29, 0.717) is 17.2 Å². The first kappa shape index (κ1) is 30.6. The van der Waals surface area contributed by atoms with E-state index in [1.54, 1.807) is 27.4 Å². The van der Waals surface area contributed by atoms with Crippen LogP contribution in [0.15, 0.2) is 66.7 Å². The quantitative estimate of drug-likeness (QED) is 0.193. The Kier molecular flexibility index (Phi) is 8.53. The molecule has 2 atom stereocenters. The summed E-state index contributed by atoms with van der Waals surface area (Å²) in [5.74, 6) is 3.34. The third-order valence-electron chi connectivity index (χ3n) is 9.45. The van der Waals surface area contributed by atoms with Crippen molar-refractivity contribution < 1.29 is 33.6 Å². The smallest absolute Gasteiger partial charge is 0.169 e. The minimum atomic E-state index is 0.0930. The monoisotopic (exact) mass is 611 g/mol. The second-order valence-corrected chi connectivity index (χ2v) is 12.6. The average molecular weight is 612 g/mol. The van der Waals surface area contributed by atoms with Gasteiger partial charge in [-0.25, -0.2) is 0 Å². The second-order valence-electron chi connectivity index (χ2n) is 12.6. The van der Waals surface area contributed by atoms with Crippen LogP contribution in [-0.4, -0.2) is 63.2 Å². The van der Waals surface area contributed by atoms with Crippen molar-refractivity contribution in [1.29, 1.82) is 0 Å². The van der Waals surface area contributed by atoms with Gasteiger partial charge < -0.3 is 39.0 Å². The Bertz CT molecular complexity index is 1680. The fourth-order valence-corrected chi connectivity index (χ4v) is 6.81. The fraction of sp³-hybridized carbons (Fsp3) is 0.351. The fourth-order valence-electron chi connectivity index (χ4n) is 6.81. The highest BCUT2D eigenvalue weighted by Crippen LogP contribution is 2.42. The third kappa shape index (κ3) is 6.26. The van der Waals surface area contributed by atoms with Gasteiger partial charge in [0.2, 0.25) is 0 Å². The van der Waals surface area contributed by atoms with Crippen LogP contribution in [0.3, 0.4) is 0 Å². The number of fused-ring (bicyclic) bond motifs is 2. The molecule has 2 heterocycles. The van der Waals surface area contributed by atoms with Crippen LogP contribution in [-0.2, 0) is 25.7 Å². The zero-order chi connectivity index (χ0) is 31.7. The van der Waals surface area contributed by atoms with Gasteiger partial charge in [0.25, 0.3) is 0 Å². The number of ether oxygens (including phenoxy) is 4. The van der Waals surface area contributed by atoms with Gasteiger partial charge in [-0.05, 0) is 95.7 Å². The second kappa shape index (κ2) is 12.5. The van der Waals surface area contributed by atoms with Gasteiger partial charge in [-0.2, -0.15) is 0 Å². The van der Waals surface area contributed by atoms with Crippen molar-refractivity contribution in [2.45, 2.75) is 37.8 Å². The lowest BCUT2D eigenvalue weighted by Gasteiger charge is -2.43. The molecule has 45 heavy (non-hydrogen) atoms. The molecule has 2 aliphatic heterocycles. The highest BCUT2D eigenvalue weighted by molar-refractivity contribution is 5.51. The maximum atomic E-state index is 10.7. The summed E-state index contributed by atoms with van der Waals surface area (Å²) in [6.45, 7) is 1.88. The summed E-state index contributed by atoms with van der Waals surface area (Å²) >= 11 is 0. The Hall–Kier alpha value is -4.40. The highest BCUT2D eigenvalue weighted by Gasteiger charge is 2.37. The molecule has 0 bridgehead atoms. The summed E-state index contributed by atoms with van der Waals surface area (Å²) in [5, 5.41) is 24.9. The van der Waals surface area contributed by atoms with Crippen molar-refractivity contribution in [3.05, 3.63) is 100 Å². The number of nitrogens with one attached hydrogen (secondary N) is 1. The number of nitrogens with zero attached hydrogens (tertiary/aromatic N) is 1. The minimum absolute atomic E-state index is 0.0930. The molecule has 0 saturated heterocycles. The maximum Gasteiger partial charge on any atom is 0.169 e. The van der Waals surface area contributed by atoms with Crippen molar-refractivity contribution in [2.24, 2.45) is 0 Å². The zero-order valence-electron chi connectivity index (χ0n) is 26.7. The number of methoxy groups -OCH3 is 3. The molecule has 0 radical (unpaired) electrons. The number of benzene rings is 4. The predicted octanol–water partition coefficient (Wildman–Crippen LogP) is 6.26. The van der Waals surface area contributed by atoms with Gasteiger partial charge in [0.1, 0.15) is 11.8 Å². The lowest BCUT2D eigenvalue weighted by molar-refractivity contribution is -0.923. The molecule has 0 spiro atoms. The van der Waals surface area contributed by atoms with E-state index in [-0.39, 0.29) is 23.6 Å². The summed E-state index contributed by atoms with van der Waals surface area (Å²) in [6, 6.07) is 21.9. The van der Waals surface area contributed by atoms with Crippen molar-refractivity contribution >= 4 is 0 Å². The van der Waals surface area contributed by atoms with Crippen LogP contribution in [0.1, 0.15) is 45.5 Å². The van der Waals surface area contributed by atoms with E-state index in [1.165, 1.54) is 22.3 Å². The molecule has 236 valence electrons. The van der Waals surface area contributed by atoms with Crippen molar-refractivity contribution in [3.8, 4) is 40.2 Å². The van der Waals surface area contributed by atoms with Gasteiger partial charge in [0, 0.05) is 24.4 Å². The average Bonchev–Trinajstić information content (AvgIpc) is 3.04. The van der Waals surface area contributed by atoms with Crippen LogP contribution in [0.2, 0.25) is 0 Å². The van der Waals surface area contributed by atoms with E-state index in [4.69, 9.17) is 18.9 Å². The van der Waals surface area contributed by atoms with Gasteiger partial charge in [0.05, 0.1) is 42.0 Å². The number of hydrogen-bond donors (Lipinski definition) is 3. The summed E-state index contributed by atoms with van der Waals surface area (Å²) in [5.41, 5.74) is 7.07. The standard InChI is InChI=1S/C37H42N2O6/c1-39(2)15-13-26-19-34(42-3)33(41)21-29(26)31(39)17-24-8-11-32(40)35(18-24)45-27-9-6-23(7-10-27)16-30-28-22-37(44-5)36(43-4)20-25(28)12-14-38-30/h6-11,18-22,30-31,38H,12-17H2,1-5H3,(H-,40,41)/p+1/t30-,31-/m1/s1. The molecule has 0 saturated carbocycles. The molecule has 2 aliphatic rings. The molecule has 4 aromatic rings. The van der Waals surface area contributed by atoms with E-state index in [2.05, 4.69) is 43.7 Å². The Morgan fingerprint density at radius 1 is 0.689 bits per heavy atom. The first-order chi connectivity index (χ1) is 21.7. The first-order valence-corrected chi connectivity index (χ1v) is 15.5. The number of phenolic OH excluding ortho intramolecular Hbond substituents is 2. The lowest BCUT2D eigenvalue weighted by Crippen LogP contribution is -2.48. The third-order valence-corrected chi connectivity index (χ3v) is 9.45. The molecule has 0 unspecified atom stereocenters. The first-order valence-electron chi connectivity index (χ1n) is 15.5. The maximum absolute atomic E-state index is 10.7. The van der Waals surface area contributed by atoms with E-state index in [0.717, 1.165) is 65.9 Å². The number of quaternary nitrogens is 1. The Balaban J connectivity index is 1.18. The van der Waals surface area contributed by atoms with Gasteiger partial charge in [-0.3, -0.25) is 0 Å². The van der Waals surface area contributed by atoms with E-state index < -0.39 is 0 Å². The molecule has 0 aliphatic carbocycles. The van der Waals surface area contributed by atoms with Crippen LogP contribution in [0.5, 0.6) is 40.2 Å². The van der Waals surface area contributed by atoms with Gasteiger partial charge >= 0.3 is 0 Å². The van der Waals surface area contributed by atoms with Gasteiger partial charge in [-0.15, -0.1) is 0 Å². The van der Waals surface area contributed by atoms with Crippen molar-refractivity contribution in [2.75, 3.05) is 48.5 Å². The Labute approximate surface area is 265 Å². The molecule has 0 aromatic heterocycles. The van der Waals surface area contributed by atoms with Crippen LogP contribution in [0.25, 0.3) is 0 Å². The molecule has 0 amide bonds. The molecular formula is C37H43N2O6+. The molecule has 6 rings (SSSR count). The van der Waals surface area contributed by atoms with Gasteiger partial charge in [0.15, 0.2) is 34.5 Å². The van der Waals surface area contributed by atoms with Crippen molar-refractivity contribution in [3.63, 3.8) is 0 Å². The van der Waals surface area contributed by atoms with E-state index >= 15 is 0 Å². The predicted molar refractivity (Wildman–Crippen MR) is 174 cm³/mol. The van der Waals surface area contributed by atoms with Crippen LogP contribution < -0.4 is 24.3 Å². The number of phenols is 2. The van der Waals surface area contributed by atoms with E-state index in [9.17, 15) is 10.2 Å². The largest absolute Gasteiger partial charge is 0.504 e. The SMILES string of the molecule is COc1cc2c(cc1O)[C@@H](Cc1ccc(O)c(Oc3ccc(C[C@H]4NCCc5cc(OC)c(OC)cc54)cc3)c1)[N+](C)(C)CC2. The Morgan fingerprint density at radius 2 is 1.36 bits per heavy atom. The van der Waals surface area contributed by atoms with Gasteiger partial charge in [-0.1, -0.05) is 18.2 Å². The highest BCUT2D eigenvalue weighted by atomic mass is 16.5. The molecule has 0 fully saturated rings. The lowest BCUT2D eigenvalue weighted by atomic mass is 9.87. The summed E-state index contributed by atoms with van der Waals surface area (Å²) in [4.78, 5) is 0. The number of aromatic hydroxyl groups is 2. The molecular weight excluding hydrogens is 568 g/mol. The summed E-state index contributed by atoms with van der Waals surface area (Å²) in [6.07, 6.45) is 3.42. The zero-order valence-corrected chi connectivity index (χ0v) is 26.7. The van der Waals surface area contributed by atoms with Crippen LogP contribution in [0, 0.1) is 0 Å². The summed E-state index contributed by atoms with van der Waals surface area (Å²) < 4.78 is 23.4. The normalized spacial score (nSPS) is 18.4. The summed E-state index contributed by atoms with van der Waals surface area (Å²) in [7, 11) is 9.37. The van der Waals surface area contributed by atoms with Crippen LogP contribution >= 0.6 is 0 Å². The molecule has 8 heteroatoms. The Morgan fingerprint density at radius 3 is 2.09 bits per heavy atom. The molecule has 4 aromatic carbocycles. The molecule has 3 N–H and O–H groups in total. The molecule has 8 nitrogen and oxygen atoms in total. The number of hydrogen-bond acceptors (Lipinski definition) is 7. The minimum Gasteiger partial charge on any atom is -0.504 e. The topological polar surface area (TPSA) is 89.4 Å². The number of rotatable bonds is 9. The van der Waals surface area contributed by atoms with Crippen molar-refractivity contribution in [1.82, 2.24) is 5.32 Å².